The number of carbonyl (C=O) groups is 3. The summed E-state index contributed by atoms with van der Waals surface area (Å²) in [6, 6.07) is 8.70. The molecule has 1 aromatic carbocycles. The third kappa shape index (κ3) is 4.32. The van der Waals surface area contributed by atoms with Crippen molar-refractivity contribution in [3.8, 4) is 6.07 Å². The maximum atomic E-state index is 12.2. The Morgan fingerprint density at radius 1 is 1.12 bits per heavy atom. The van der Waals surface area contributed by atoms with Crippen molar-refractivity contribution in [3.05, 3.63) is 46.7 Å². The molecule has 2 rings (SSSR count). The molecule has 0 saturated carbocycles. The Hall–Kier alpha value is -3.40. The van der Waals surface area contributed by atoms with Crippen LogP contribution in [0.3, 0.4) is 0 Å². The fourth-order valence-corrected chi connectivity index (χ4v) is 2.43. The van der Waals surface area contributed by atoms with Gasteiger partial charge < -0.3 is 9.73 Å². The minimum absolute atomic E-state index is 0.0231. The topological polar surface area (TPSA) is 112 Å². The number of rotatable bonds is 5. The van der Waals surface area contributed by atoms with Crippen molar-refractivity contribution >= 4 is 29.2 Å². The molecule has 0 aliphatic rings. The highest BCUT2D eigenvalue weighted by molar-refractivity contribution is 6.01. The first kappa shape index (κ1) is 17.9. The second-order valence-electron chi connectivity index (χ2n) is 5.51. The van der Waals surface area contributed by atoms with Crippen LogP contribution in [0.5, 0.6) is 0 Å². The predicted octanol–water partition coefficient (Wildman–Crippen LogP) is 2.80. The molecule has 0 spiro atoms. The molecular formula is C18H17N3O4. The lowest BCUT2D eigenvalue weighted by Crippen LogP contribution is -2.15. The van der Waals surface area contributed by atoms with Crippen LogP contribution in [0, 0.1) is 18.3 Å². The second kappa shape index (κ2) is 7.45. The predicted molar refractivity (Wildman–Crippen MR) is 91.2 cm³/mol. The van der Waals surface area contributed by atoms with Crippen LogP contribution in [0.1, 0.15) is 41.1 Å². The monoisotopic (exact) mass is 339 g/mol. The van der Waals surface area contributed by atoms with Crippen molar-refractivity contribution in [3.63, 3.8) is 0 Å². The molecule has 1 heterocycles. The number of Topliss-reactive ketones (excluding diaryl/α,β-unsaturated/α-hetero) is 1. The normalized spacial score (nSPS) is 10.0. The van der Waals surface area contributed by atoms with E-state index in [-0.39, 0.29) is 41.0 Å². The van der Waals surface area contributed by atoms with Crippen LogP contribution in [0.4, 0.5) is 11.6 Å². The zero-order valence-electron chi connectivity index (χ0n) is 14.1. The summed E-state index contributed by atoms with van der Waals surface area (Å²) in [7, 11) is 0. The fraction of sp³-hybridized carbons (Fsp3) is 0.222. The molecule has 0 aliphatic carbocycles. The third-order valence-corrected chi connectivity index (χ3v) is 3.44. The SMILES string of the molecule is CC(=O)Nc1ccc(CC(=O)Nc2oc(C)c(C(C)=O)c2C#N)cc1. The molecule has 0 atom stereocenters. The molecule has 7 heteroatoms. The zero-order chi connectivity index (χ0) is 18.6. The summed E-state index contributed by atoms with van der Waals surface area (Å²) in [5, 5.41) is 14.4. The van der Waals surface area contributed by atoms with Crippen LogP contribution < -0.4 is 10.6 Å². The number of nitriles is 1. The van der Waals surface area contributed by atoms with Crippen LogP contribution in [-0.2, 0) is 16.0 Å². The van der Waals surface area contributed by atoms with Crippen LogP contribution >= 0.6 is 0 Å². The molecule has 2 aromatic rings. The van der Waals surface area contributed by atoms with Gasteiger partial charge in [-0.2, -0.15) is 5.26 Å². The molecule has 7 nitrogen and oxygen atoms in total. The number of benzene rings is 1. The van der Waals surface area contributed by atoms with E-state index in [0.717, 1.165) is 5.56 Å². The first-order valence-corrected chi connectivity index (χ1v) is 7.52. The smallest absolute Gasteiger partial charge is 0.231 e. The van der Waals surface area contributed by atoms with Crippen molar-refractivity contribution in [2.24, 2.45) is 0 Å². The van der Waals surface area contributed by atoms with E-state index in [9.17, 15) is 19.6 Å². The van der Waals surface area contributed by atoms with Gasteiger partial charge in [-0.05, 0) is 31.5 Å². The first-order chi connectivity index (χ1) is 11.8. The molecule has 0 fully saturated rings. The van der Waals surface area contributed by atoms with Crippen molar-refractivity contribution in [1.29, 1.82) is 5.26 Å². The molecule has 0 unspecified atom stereocenters. The summed E-state index contributed by atoms with van der Waals surface area (Å²) < 4.78 is 5.35. The Morgan fingerprint density at radius 3 is 2.28 bits per heavy atom. The van der Waals surface area contributed by atoms with Gasteiger partial charge in [0.15, 0.2) is 5.78 Å². The van der Waals surface area contributed by atoms with Gasteiger partial charge in [0.2, 0.25) is 17.7 Å². The molecule has 0 radical (unpaired) electrons. The Kier molecular flexibility index (Phi) is 5.35. The summed E-state index contributed by atoms with van der Waals surface area (Å²) in [6.45, 7) is 4.31. The van der Waals surface area contributed by atoms with E-state index < -0.39 is 0 Å². The summed E-state index contributed by atoms with van der Waals surface area (Å²) in [4.78, 5) is 34.7. The maximum Gasteiger partial charge on any atom is 0.231 e. The van der Waals surface area contributed by atoms with Gasteiger partial charge in [0.05, 0.1) is 12.0 Å². The molecule has 2 amide bonds. The minimum atomic E-state index is -0.382. The molecule has 0 aliphatic heterocycles. The Labute approximate surface area is 144 Å². The number of furan rings is 1. The van der Waals surface area contributed by atoms with Gasteiger partial charge in [-0.15, -0.1) is 0 Å². The molecule has 0 saturated heterocycles. The minimum Gasteiger partial charge on any atom is -0.443 e. The zero-order valence-corrected chi connectivity index (χ0v) is 14.1. The van der Waals surface area contributed by atoms with Crippen LogP contribution in [0.25, 0.3) is 0 Å². The maximum absolute atomic E-state index is 12.2. The average molecular weight is 339 g/mol. The van der Waals surface area contributed by atoms with E-state index in [2.05, 4.69) is 10.6 Å². The van der Waals surface area contributed by atoms with Crippen LogP contribution in [0.15, 0.2) is 28.7 Å². The number of hydrogen-bond donors (Lipinski definition) is 2. The summed E-state index contributed by atoms with van der Waals surface area (Å²) in [6.07, 6.45) is 0.0559. The Balaban J connectivity index is 2.11. The summed E-state index contributed by atoms with van der Waals surface area (Å²) >= 11 is 0. The Morgan fingerprint density at radius 2 is 1.76 bits per heavy atom. The standard InChI is InChI=1S/C18H17N3O4/c1-10(22)17-11(2)25-18(15(17)9-19)21-16(24)8-13-4-6-14(7-5-13)20-12(3)23/h4-7H,8H2,1-3H3,(H,20,23)(H,21,24). The quantitative estimate of drug-likeness (QED) is 0.813. The van der Waals surface area contributed by atoms with Gasteiger partial charge in [0.25, 0.3) is 0 Å². The lowest BCUT2D eigenvalue weighted by Gasteiger charge is -2.05. The highest BCUT2D eigenvalue weighted by atomic mass is 16.4. The lowest BCUT2D eigenvalue weighted by atomic mass is 10.1. The van der Waals surface area contributed by atoms with Crippen molar-refractivity contribution in [1.82, 2.24) is 0 Å². The number of ketones is 1. The van der Waals surface area contributed by atoms with Crippen LogP contribution in [-0.4, -0.2) is 17.6 Å². The van der Waals surface area contributed by atoms with Gasteiger partial charge in [0.1, 0.15) is 17.4 Å². The molecule has 2 N–H and O–H groups in total. The lowest BCUT2D eigenvalue weighted by molar-refractivity contribution is -0.116. The largest absolute Gasteiger partial charge is 0.443 e. The highest BCUT2D eigenvalue weighted by Gasteiger charge is 2.22. The number of hydrogen-bond acceptors (Lipinski definition) is 5. The Bertz CT molecular complexity index is 873. The number of nitrogens with zero attached hydrogens (tertiary/aromatic N) is 1. The van der Waals surface area contributed by atoms with E-state index in [4.69, 9.17) is 4.42 Å². The summed E-state index contributed by atoms with van der Waals surface area (Å²) in [5.74, 6) is -0.590. The molecule has 0 bridgehead atoms. The number of amides is 2. The average Bonchev–Trinajstić information content (AvgIpc) is 2.84. The molecular weight excluding hydrogens is 322 g/mol. The molecule has 128 valence electrons. The van der Waals surface area contributed by atoms with Gasteiger partial charge >= 0.3 is 0 Å². The fourth-order valence-electron chi connectivity index (χ4n) is 2.43. The molecule has 1 aromatic heterocycles. The molecule has 25 heavy (non-hydrogen) atoms. The van der Waals surface area contributed by atoms with Crippen molar-refractivity contribution in [2.75, 3.05) is 10.6 Å². The van der Waals surface area contributed by atoms with Crippen molar-refractivity contribution in [2.45, 2.75) is 27.2 Å². The highest BCUT2D eigenvalue weighted by Crippen LogP contribution is 2.26. The first-order valence-electron chi connectivity index (χ1n) is 7.52. The number of carbonyl (C=O) groups excluding carboxylic acids is 3. The van der Waals surface area contributed by atoms with Gasteiger partial charge in [0, 0.05) is 12.6 Å². The summed E-state index contributed by atoms with van der Waals surface area (Å²) in [5.41, 5.74) is 1.56. The number of anilines is 2. The van der Waals surface area contributed by atoms with Crippen molar-refractivity contribution < 1.29 is 18.8 Å². The van der Waals surface area contributed by atoms with E-state index in [0.29, 0.717) is 11.4 Å². The third-order valence-electron chi connectivity index (χ3n) is 3.44. The second-order valence-corrected chi connectivity index (χ2v) is 5.51. The van der Waals surface area contributed by atoms with Gasteiger partial charge in [-0.3, -0.25) is 19.7 Å². The van der Waals surface area contributed by atoms with E-state index in [1.807, 2.05) is 6.07 Å². The number of aryl methyl sites for hydroxylation is 1. The van der Waals surface area contributed by atoms with Gasteiger partial charge in [-0.1, -0.05) is 12.1 Å². The number of nitrogens with one attached hydrogen (secondary N) is 2. The van der Waals surface area contributed by atoms with E-state index in [1.54, 1.807) is 31.2 Å². The van der Waals surface area contributed by atoms with E-state index in [1.165, 1.54) is 13.8 Å². The van der Waals surface area contributed by atoms with E-state index >= 15 is 0 Å². The van der Waals surface area contributed by atoms with Crippen LogP contribution in [0.2, 0.25) is 0 Å². The van der Waals surface area contributed by atoms with Gasteiger partial charge in [-0.25, -0.2) is 0 Å².